The van der Waals surface area contributed by atoms with Crippen molar-refractivity contribution in [2.75, 3.05) is 17.3 Å². The Morgan fingerprint density at radius 2 is 2.26 bits per heavy atom. The lowest BCUT2D eigenvalue weighted by atomic mass is 9.91. The second kappa shape index (κ2) is 5.33. The second-order valence-electron chi connectivity index (χ2n) is 5.02. The van der Waals surface area contributed by atoms with Crippen molar-refractivity contribution < 1.29 is 0 Å². The molecule has 1 aliphatic carbocycles. The smallest absolute Gasteiger partial charge is 0.163 e. The minimum absolute atomic E-state index is 0.599. The van der Waals surface area contributed by atoms with E-state index in [1.807, 2.05) is 13.2 Å². The van der Waals surface area contributed by atoms with Crippen LogP contribution in [0.3, 0.4) is 0 Å². The number of nitrogens with zero attached hydrogens (tertiary/aromatic N) is 5. The Morgan fingerprint density at radius 1 is 1.42 bits per heavy atom. The summed E-state index contributed by atoms with van der Waals surface area (Å²) in [6.07, 6.45) is 8.26. The molecule has 0 atom stereocenters. The molecule has 1 saturated carbocycles. The zero-order valence-electron chi connectivity index (χ0n) is 11.1. The van der Waals surface area contributed by atoms with Gasteiger partial charge in [0.2, 0.25) is 0 Å². The molecule has 5 nitrogen and oxygen atoms in total. The maximum absolute atomic E-state index is 5.85. The monoisotopic (exact) mass is 279 g/mol. The highest BCUT2D eigenvalue weighted by molar-refractivity contribution is 6.17. The summed E-state index contributed by atoms with van der Waals surface area (Å²) >= 11 is 5.85. The van der Waals surface area contributed by atoms with Crippen LogP contribution < -0.4 is 4.90 Å². The maximum atomic E-state index is 5.85. The van der Waals surface area contributed by atoms with Gasteiger partial charge in [-0.05, 0) is 25.7 Å². The molecule has 0 saturated heterocycles. The number of anilines is 1. The van der Waals surface area contributed by atoms with Gasteiger partial charge >= 0.3 is 0 Å². The molecule has 2 heterocycles. The van der Waals surface area contributed by atoms with E-state index in [1.54, 1.807) is 11.0 Å². The van der Waals surface area contributed by atoms with E-state index in [0.717, 1.165) is 29.8 Å². The first-order valence-corrected chi connectivity index (χ1v) is 7.30. The summed E-state index contributed by atoms with van der Waals surface area (Å²) in [6, 6.07) is 0.599. The normalized spacial score (nSPS) is 15.7. The van der Waals surface area contributed by atoms with Crippen molar-refractivity contribution in [3.8, 4) is 0 Å². The largest absolute Gasteiger partial charge is 0.353 e. The van der Waals surface area contributed by atoms with E-state index >= 15 is 0 Å². The first kappa shape index (κ1) is 12.7. The van der Waals surface area contributed by atoms with Gasteiger partial charge in [0, 0.05) is 25.5 Å². The highest BCUT2D eigenvalue weighted by Gasteiger charge is 2.27. The second-order valence-corrected chi connectivity index (χ2v) is 5.40. The molecule has 2 aromatic rings. The Hall–Kier alpha value is -1.36. The van der Waals surface area contributed by atoms with Crippen LogP contribution in [0.15, 0.2) is 12.5 Å². The van der Waals surface area contributed by atoms with Crippen LogP contribution >= 0.6 is 11.6 Å². The molecular weight excluding hydrogens is 262 g/mol. The van der Waals surface area contributed by atoms with E-state index in [2.05, 4.69) is 20.0 Å². The van der Waals surface area contributed by atoms with Crippen molar-refractivity contribution >= 4 is 28.5 Å². The molecular formula is C13H18ClN5. The summed E-state index contributed by atoms with van der Waals surface area (Å²) in [5.74, 6) is 1.69. The number of hydrogen-bond donors (Lipinski definition) is 0. The maximum Gasteiger partial charge on any atom is 0.163 e. The molecule has 0 N–H and O–H groups in total. The molecule has 0 bridgehead atoms. The van der Waals surface area contributed by atoms with Gasteiger partial charge in [-0.3, -0.25) is 4.68 Å². The molecule has 0 radical (unpaired) electrons. The first-order valence-electron chi connectivity index (χ1n) is 6.76. The average molecular weight is 280 g/mol. The third-order valence-electron chi connectivity index (χ3n) is 3.83. The molecule has 0 aliphatic heterocycles. The number of aryl methyl sites for hydroxylation is 1. The third kappa shape index (κ3) is 2.27. The van der Waals surface area contributed by atoms with E-state index in [-0.39, 0.29) is 0 Å². The van der Waals surface area contributed by atoms with Crippen molar-refractivity contribution in [1.82, 2.24) is 19.7 Å². The summed E-state index contributed by atoms with van der Waals surface area (Å²) < 4.78 is 1.79. The lowest BCUT2D eigenvalue weighted by molar-refractivity contribution is 0.384. The van der Waals surface area contributed by atoms with E-state index in [0.29, 0.717) is 11.9 Å². The molecule has 19 heavy (non-hydrogen) atoms. The highest BCUT2D eigenvalue weighted by Crippen LogP contribution is 2.31. The summed E-state index contributed by atoms with van der Waals surface area (Å²) in [6.45, 7) is 0.954. The fourth-order valence-corrected chi connectivity index (χ4v) is 2.69. The van der Waals surface area contributed by atoms with Crippen LogP contribution in [0.2, 0.25) is 0 Å². The van der Waals surface area contributed by atoms with Gasteiger partial charge in [0.05, 0.1) is 11.6 Å². The lowest BCUT2D eigenvalue weighted by Gasteiger charge is -2.38. The number of aromatic nitrogens is 4. The molecule has 6 heteroatoms. The standard InChI is InChI=1S/C13H18ClN5/c1-18-12-11(8-17-18)13(16-9-15-12)19(7-3-6-14)10-4-2-5-10/h8-10H,2-7H2,1H3. The number of halogens is 1. The number of fused-ring (bicyclic) bond motifs is 1. The van der Waals surface area contributed by atoms with Gasteiger partial charge < -0.3 is 4.90 Å². The van der Waals surface area contributed by atoms with Gasteiger partial charge in [0.25, 0.3) is 0 Å². The molecule has 0 spiro atoms. The van der Waals surface area contributed by atoms with Gasteiger partial charge in [-0.2, -0.15) is 5.10 Å². The Kier molecular flexibility index (Phi) is 3.55. The fourth-order valence-electron chi connectivity index (χ4n) is 2.57. The molecule has 3 rings (SSSR count). The number of alkyl halides is 1. The first-order chi connectivity index (χ1) is 9.31. The number of hydrogen-bond acceptors (Lipinski definition) is 4. The van der Waals surface area contributed by atoms with Crippen LogP contribution in [0.5, 0.6) is 0 Å². The van der Waals surface area contributed by atoms with Crippen LogP contribution in [0, 0.1) is 0 Å². The zero-order valence-corrected chi connectivity index (χ0v) is 11.8. The predicted molar refractivity (Wildman–Crippen MR) is 76.6 cm³/mol. The summed E-state index contributed by atoms with van der Waals surface area (Å²) in [7, 11) is 1.91. The molecule has 1 fully saturated rings. The summed E-state index contributed by atoms with van der Waals surface area (Å²) in [5, 5.41) is 5.32. The van der Waals surface area contributed by atoms with Gasteiger partial charge in [-0.15, -0.1) is 11.6 Å². The summed E-state index contributed by atoms with van der Waals surface area (Å²) in [4.78, 5) is 11.2. The van der Waals surface area contributed by atoms with Gasteiger partial charge in [-0.1, -0.05) is 0 Å². The summed E-state index contributed by atoms with van der Waals surface area (Å²) in [5.41, 5.74) is 0.889. The number of rotatable bonds is 5. The molecule has 2 aromatic heterocycles. The Labute approximate surface area is 117 Å². The zero-order chi connectivity index (χ0) is 13.2. The van der Waals surface area contributed by atoms with E-state index in [4.69, 9.17) is 11.6 Å². The SMILES string of the molecule is Cn1ncc2c(N(CCCCl)C3CCC3)ncnc21. The minimum Gasteiger partial charge on any atom is -0.353 e. The van der Waals surface area contributed by atoms with Crippen LogP contribution in [0.25, 0.3) is 11.0 Å². The van der Waals surface area contributed by atoms with Crippen molar-refractivity contribution in [1.29, 1.82) is 0 Å². The van der Waals surface area contributed by atoms with E-state index < -0.39 is 0 Å². The third-order valence-corrected chi connectivity index (χ3v) is 4.10. The Morgan fingerprint density at radius 3 is 2.95 bits per heavy atom. The Bertz CT molecular complexity index is 563. The predicted octanol–water partition coefficient (Wildman–Crippen LogP) is 2.35. The minimum atomic E-state index is 0.599. The van der Waals surface area contributed by atoms with Gasteiger partial charge in [-0.25, -0.2) is 9.97 Å². The van der Waals surface area contributed by atoms with Crippen molar-refractivity contribution in [3.63, 3.8) is 0 Å². The van der Waals surface area contributed by atoms with Crippen molar-refractivity contribution in [3.05, 3.63) is 12.5 Å². The van der Waals surface area contributed by atoms with E-state index in [1.165, 1.54) is 19.3 Å². The highest BCUT2D eigenvalue weighted by atomic mass is 35.5. The van der Waals surface area contributed by atoms with Crippen LogP contribution in [-0.2, 0) is 7.05 Å². The van der Waals surface area contributed by atoms with Crippen molar-refractivity contribution in [2.24, 2.45) is 7.05 Å². The molecule has 0 unspecified atom stereocenters. The molecule has 102 valence electrons. The topological polar surface area (TPSA) is 46.8 Å². The quantitative estimate of drug-likeness (QED) is 0.788. The van der Waals surface area contributed by atoms with Gasteiger partial charge in [0.1, 0.15) is 12.1 Å². The van der Waals surface area contributed by atoms with E-state index in [9.17, 15) is 0 Å². The van der Waals surface area contributed by atoms with Crippen LogP contribution in [-0.4, -0.2) is 38.2 Å². The lowest BCUT2D eigenvalue weighted by Crippen LogP contribution is -2.41. The molecule has 1 aliphatic rings. The molecule has 0 amide bonds. The Balaban J connectivity index is 1.98. The fraction of sp³-hybridized carbons (Fsp3) is 0.615. The van der Waals surface area contributed by atoms with Crippen LogP contribution in [0.1, 0.15) is 25.7 Å². The van der Waals surface area contributed by atoms with Gasteiger partial charge in [0.15, 0.2) is 5.65 Å². The van der Waals surface area contributed by atoms with Crippen molar-refractivity contribution in [2.45, 2.75) is 31.7 Å². The van der Waals surface area contributed by atoms with Crippen LogP contribution in [0.4, 0.5) is 5.82 Å². The average Bonchev–Trinajstić information content (AvgIpc) is 2.74. The molecule has 0 aromatic carbocycles.